The highest BCUT2D eigenvalue weighted by Gasteiger charge is 1.91. The third-order valence-electron chi connectivity index (χ3n) is 2.23. The Hall–Kier alpha value is -1.67. The predicted molar refractivity (Wildman–Crippen MR) is 77.6 cm³/mol. The molecule has 0 radical (unpaired) electrons. The standard InChI is InChI=1S/C14H9IN2/c15-13-5-7-14(8-6-13)17-10-12-3-1-11(9-16)2-4-12/h1-8,10H. The van der Waals surface area contributed by atoms with Gasteiger partial charge in [-0.25, -0.2) is 0 Å². The Morgan fingerprint density at radius 1 is 1.00 bits per heavy atom. The molecule has 3 heteroatoms. The maximum absolute atomic E-state index is 8.68. The van der Waals surface area contributed by atoms with Crippen LogP contribution in [0.15, 0.2) is 53.5 Å². The Bertz CT molecular complexity index is 563. The molecule has 2 aromatic rings. The number of nitriles is 1. The average Bonchev–Trinajstić information content (AvgIpc) is 2.39. The van der Waals surface area contributed by atoms with E-state index in [1.54, 1.807) is 18.3 Å². The highest BCUT2D eigenvalue weighted by molar-refractivity contribution is 14.1. The van der Waals surface area contributed by atoms with Crippen molar-refractivity contribution in [2.45, 2.75) is 0 Å². The van der Waals surface area contributed by atoms with Crippen molar-refractivity contribution < 1.29 is 0 Å². The van der Waals surface area contributed by atoms with Gasteiger partial charge in [-0.3, -0.25) is 4.99 Å². The van der Waals surface area contributed by atoms with Crippen molar-refractivity contribution in [3.63, 3.8) is 0 Å². The summed E-state index contributed by atoms with van der Waals surface area (Å²) in [6.45, 7) is 0. The van der Waals surface area contributed by atoms with Crippen LogP contribution in [0.2, 0.25) is 0 Å². The zero-order chi connectivity index (χ0) is 12.1. The molecule has 0 saturated heterocycles. The molecule has 0 unspecified atom stereocenters. The van der Waals surface area contributed by atoms with Crippen LogP contribution >= 0.6 is 22.6 Å². The molecule has 2 aromatic carbocycles. The first kappa shape index (κ1) is 11.8. The lowest BCUT2D eigenvalue weighted by atomic mass is 10.2. The number of rotatable bonds is 2. The Morgan fingerprint density at radius 2 is 1.65 bits per heavy atom. The van der Waals surface area contributed by atoms with E-state index < -0.39 is 0 Å². The van der Waals surface area contributed by atoms with Crippen LogP contribution in [0.4, 0.5) is 5.69 Å². The van der Waals surface area contributed by atoms with E-state index in [1.165, 1.54) is 3.57 Å². The molecule has 0 heterocycles. The van der Waals surface area contributed by atoms with Crippen molar-refractivity contribution in [3.8, 4) is 6.07 Å². The fourth-order valence-corrected chi connectivity index (χ4v) is 1.68. The van der Waals surface area contributed by atoms with Gasteiger partial charge in [0.2, 0.25) is 0 Å². The maximum Gasteiger partial charge on any atom is 0.0991 e. The molecule has 2 nitrogen and oxygen atoms in total. The van der Waals surface area contributed by atoms with E-state index >= 15 is 0 Å². The third kappa shape index (κ3) is 3.40. The third-order valence-corrected chi connectivity index (χ3v) is 2.95. The molecule has 0 atom stereocenters. The minimum absolute atomic E-state index is 0.663. The Morgan fingerprint density at radius 3 is 2.24 bits per heavy atom. The second kappa shape index (κ2) is 5.60. The molecule has 0 fully saturated rings. The fourth-order valence-electron chi connectivity index (χ4n) is 1.32. The van der Waals surface area contributed by atoms with Crippen LogP contribution in [0.25, 0.3) is 0 Å². The van der Waals surface area contributed by atoms with Gasteiger partial charge in [0.05, 0.1) is 17.3 Å². The highest BCUT2D eigenvalue weighted by Crippen LogP contribution is 2.14. The van der Waals surface area contributed by atoms with E-state index in [-0.39, 0.29) is 0 Å². The first-order valence-electron chi connectivity index (χ1n) is 5.08. The van der Waals surface area contributed by atoms with Gasteiger partial charge in [-0.2, -0.15) is 5.26 Å². The van der Waals surface area contributed by atoms with Gasteiger partial charge in [0, 0.05) is 9.78 Å². The molecular formula is C14H9IN2. The first-order chi connectivity index (χ1) is 8.28. The monoisotopic (exact) mass is 332 g/mol. The second-order valence-corrected chi connectivity index (χ2v) is 4.71. The van der Waals surface area contributed by atoms with Gasteiger partial charge in [-0.05, 0) is 64.6 Å². The second-order valence-electron chi connectivity index (χ2n) is 3.47. The molecule has 2 rings (SSSR count). The van der Waals surface area contributed by atoms with E-state index in [0.29, 0.717) is 5.56 Å². The average molecular weight is 332 g/mol. The van der Waals surface area contributed by atoms with Gasteiger partial charge in [-0.15, -0.1) is 0 Å². The predicted octanol–water partition coefficient (Wildman–Crippen LogP) is 3.91. The van der Waals surface area contributed by atoms with E-state index in [9.17, 15) is 0 Å². The van der Waals surface area contributed by atoms with Crippen LogP contribution < -0.4 is 0 Å². The lowest BCUT2D eigenvalue weighted by Crippen LogP contribution is -1.81. The van der Waals surface area contributed by atoms with Gasteiger partial charge in [0.1, 0.15) is 0 Å². The molecular weight excluding hydrogens is 323 g/mol. The Kier molecular flexibility index (Phi) is 3.89. The summed E-state index contributed by atoms with van der Waals surface area (Å²) in [5, 5.41) is 8.68. The summed E-state index contributed by atoms with van der Waals surface area (Å²) in [5.41, 5.74) is 2.58. The lowest BCUT2D eigenvalue weighted by molar-refractivity contribution is 1.47. The van der Waals surface area contributed by atoms with Crippen molar-refractivity contribution >= 4 is 34.5 Å². The topological polar surface area (TPSA) is 36.1 Å². The van der Waals surface area contributed by atoms with Gasteiger partial charge < -0.3 is 0 Å². The van der Waals surface area contributed by atoms with Gasteiger partial charge in [0.15, 0.2) is 0 Å². The molecule has 17 heavy (non-hydrogen) atoms. The van der Waals surface area contributed by atoms with Crippen LogP contribution in [0.5, 0.6) is 0 Å². The minimum Gasteiger partial charge on any atom is -0.256 e. The molecule has 0 N–H and O–H groups in total. The number of hydrogen-bond acceptors (Lipinski definition) is 2. The smallest absolute Gasteiger partial charge is 0.0991 e. The number of nitrogens with zero attached hydrogens (tertiary/aromatic N) is 2. The molecule has 0 saturated carbocycles. The van der Waals surface area contributed by atoms with E-state index in [0.717, 1.165) is 11.3 Å². The summed E-state index contributed by atoms with van der Waals surface area (Å²) in [5.74, 6) is 0. The number of halogens is 1. The molecule has 0 amide bonds. The molecule has 0 aliphatic rings. The van der Waals surface area contributed by atoms with Crippen molar-refractivity contribution in [1.82, 2.24) is 0 Å². The number of aliphatic imine (C=N–C) groups is 1. The fraction of sp³-hybridized carbons (Fsp3) is 0. The van der Waals surface area contributed by atoms with Crippen molar-refractivity contribution in [2.75, 3.05) is 0 Å². The summed E-state index contributed by atoms with van der Waals surface area (Å²) in [6.07, 6.45) is 1.79. The largest absolute Gasteiger partial charge is 0.256 e. The van der Waals surface area contributed by atoms with Crippen LogP contribution in [-0.4, -0.2) is 6.21 Å². The summed E-state index contributed by atoms with van der Waals surface area (Å²) in [6, 6.07) is 17.4. The van der Waals surface area contributed by atoms with Crippen LogP contribution in [-0.2, 0) is 0 Å². The maximum atomic E-state index is 8.68. The van der Waals surface area contributed by atoms with Crippen LogP contribution in [0, 0.1) is 14.9 Å². The SMILES string of the molecule is N#Cc1ccc(C=Nc2ccc(I)cc2)cc1. The zero-order valence-electron chi connectivity index (χ0n) is 8.97. The first-order valence-corrected chi connectivity index (χ1v) is 6.15. The quantitative estimate of drug-likeness (QED) is 0.607. The van der Waals surface area contributed by atoms with Crippen LogP contribution in [0.3, 0.4) is 0 Å². The Balaban J connectivity index is 2.14. The highest BCUT2D eigenvalue weighted by atomic mass is 127. The summed E-state index contributed by atoms with van der Waals surface area (Å²) in [4.78, 5) is 4.36. The molecule has 0 bridgehead atoms. The minimum atomic E-state index is 0.663. The lowest BCUT2D eigenvalue weighted by Gasteiger charge is -1.95. The van der Waals surface area contributed by atoms with Crippen molar-refractivity contribution in [1.29, 1.82) is 5.26 Å². The molecule has 0 spiro atoms. The van der Waals surface area contributed by atoms with Gasteiger partial charge in [0.25, 0.3) is 0 Å². The van der Waals surface area contributed by atoms with E-state index in [1.807, 2.05) is 36.4 Å². The molecule has 0 aliphatic carbocycles. The van der Waals surface area contributed by atoms with Crippen LogP contribution in [0.1, 0.15) is 11.1 Å². The van der Waals surface area contributed by atoms with Crippen molar-refractivity contribution in [3.05, 3.63) is 63.2 Å². The van der Waals surface area contributed by atoms with Crippen molar-refractivity contribution in [2.24, 2.45) is 4.99 Å². The molecule has 82 valence electrons. The Labute approximate surface area is 114 Å². The zero-order valence-corrected chi connectivity index (χ0v) is 11.1. The van der Waals surface area contributed by atoms with Gasteiger partial charge in [-0.1, -0.05) is 12.1 Å². The molecule has 0 aromatic heterocycles. The molecule has 0 aliphatic heterocycles. The van der Waals surface area contributed by atoms with Gasteiger partial charge >= 0.3 is 0 Å². The normalized spacial score (nSPS) is 10.4. The summed E-state index contributed by atoms with van der Waals surface area (Å²) < 4.78 is 1.19. The summed E-state index contributed by atoms with van der Waals surface area (Å²) >= 11 is 2.26. The van der Waals surface area contributed by atoms with E-state index in [2.05, 4.69) is 33.7 Å². The number of hydrogen-bond donors (Lipinski definition) is 0. The van der Waals surface area contributed by atoms with E-state index in [4.69, 9.17) is 5.26 Å². The number of benzene rings is 2. The summed E-state index contributed by atoms with van der Waals surface area (Å²) in [7, 11) is 0.